The van der Waals surface area contributed by atoms with Gasteiger partial charge in [0.25, 0.3) is 0 Å². The fourth-order valence-electron chi connectivity index (χ4n) is 4.26. The molecule has 0 saturated heterocycles. The summed E-state index contributed by atoms with van der Waals surface area (Å²) in [5, 5.41) is 9.47. The molecule has 0 amide bonds. The van der Waals surface area contributed by atoms with Gasteiger partial charge in [-0.2, -0.15) is 0 Å². The minimum absolute atomic E-state index is 0.0660. The third-order valence-electron chi connectivity index (χ3n) is 6.17. The fraction of sp³-hybridized carbons (Fsp3) is 0.440. The lowest BCUT2D eigenvalue weighted by molar-refractivity contribution is -0.153. The molecule has 31 heavy (non-hydrogen) atoms. The number of methoxy groups -OCH3 is 2. The van der Waals surface area contributed by atoms with E-state index in [0.717, 1.165) is 35.3 Å². The van der Waals surface area contributed by atoms with Crippen LogP contribution in [0.3, 0.4) is 0 Å². The van der Waals surface area contributed by atoms with E-state index in [2.05, 4.69) is 0 Å². The van der Waals surface area contributed by atoms with Gasteiger partial charge in [-0.15, -0.1) is 0 Å². The van der Waals surface area contributed by atoms with Gasteiger partial charge in [0.2, 0.25) is 0 Å². The first-order valence-electron chi connectivity index (χ1n) is 10.4. The van der Waals surface area contributed by atoms with Crippen LogP contribution < -0.4 is 4.74 Å². The van der Waals surface area contributed by atoms with E-state index in [0.29, 0.717) is 6.61 Å². The molecule has 2 unspecified atom stereocenters. The number of hydrogen-bond acceptors (Lipinski definition) is 5. The van der Waals surface area contributed by atoms with E-state index in [1.165, 1.54) is 12.7 Å². The van der Waals surface area contributed by atoms with E-state index in [1.807, 2.05) is 42.5 Å². The maximum absolute atomic E-state index is 12.4. The van der Waals surface area contributed by atoms with Gasteiger partial charge in [0.15, 0.2) is 0 Å². The van der Waals surface area contributed by atoms with Gasteiger partial charge in [0.1, 0.15) is 5.75 Å². The highest BCUT2D eigenvalue weighted by molar-refractivity contribution is 5.79. The number of benzene rings is 2. The number of carbonyl (C=O) groups excluding carboxylic acids is 1. The molecule has 0 saturated carbocycles. The normalized spacial score (nSPS) is 16.5. The number of esters is 1. The second-order valence-electron chi connectivity index (χ2n) is 8.51. The van der Waals surface area contributed by atoms with Gasteiger partial charge in [0.05, 0.1) is 38.8 Å². The van der Waals surface area contributed by atoms with E-state index in [1.54, 1.807) is 21.0 Å². The Hall–Kier alpha value is -2.86. The van der Waals surface area contributed by atoms with Gasteiger partial charge >= 0.3 is 11.9 Å². The Kier molecular flexibility index (Phi) is 7.01. The van der Waals surface area contributed by atoms with E-state index in [-0.39, 0.29) is 12.5 Å². The van der Waals surface area contributed by atoms with Gasteiger partial charge in [-0.3, -0.25) is 9.59 Å². The number of ether oxygens (including phenoxy) is 3. The summed E-state index contributed by atoms with van der Waals surface area (Å²) in [4.78, 5) is 23.9. The number of rotatable bonds is 9. The zero-order valence-corrected chi connectivity index (χ0v) is 18.5. The van der Waals surface area contributed by atoms with Gasteiger partial charge in [-0.1, -0.05) is 30.3 Å². The average molecular weight is 427 g/mol. The minimum atomic E-state index is -0.973. The predicted molar refractivity (Wildman–Crippen MR) is 116 cm³/mol. The van der Waals surface area contributed by atoms with Crippen molar-refractivity contribution < 1.29 is 28.9 Å². The summed E-state index contributed by atoms with van der Waals surface area (Å²) in [6.07, 6.45) is 1.56. The predicted octanol–water partition coefficient (Wildman–Crippen LogP) is 4.66. The number of carbonyl (C=O) groups is 2. The molecule has 6 nitrogen and oxygen atoms in total. The summed E-state index contributed by atoms with van der Waals surface area (Å²) in [6, 6.07) is 13.8. The molecule has 0 aromatic heterocycles. The molecule has 1 N–H and O–H groups in total. The van der Waals surface area contributed by atoms with Crippen LogP contribution in [0.2, 0.25) is 0 Å². The van der Waals surface area contributed by atoms with Crippen LogP contribution in [0, 0.1) is 5.41 Å². The molecule has 0 aliphatic heterocycles. The first kappa shape index (κ1) is 22.8. The SMILES string of the molecule is COC(=O)C(C)(C)C(CC(=O)O)c1ccc2c(c1)C(OCc1ccc(OC)cc1)CC2. The van der Waals surface area contributed by atoms with Crippen LogP contribution in [0.5, 0.6) is 5.75 Å². The Morgan fingerprint density at radius 1 is 1.13 bits per heavy atom. The highest BCUT2D eigenvalue weighted by Gasteiger charge is 2.40. The lowest BCUT2D eigenvalue weighted by Gasteiger charge is -2.31. The van der Waals surface area contributed by atoms with E-state index >= 15 is 0 Å². The van der Waals surface area contributed by atoms with Crippen molar-refractivity contribution in [2.75, 3.05) is 14.2 Å². The fourth-order valence-corrected chi connectivity index (χ4v) is 4.26. The van der Waals surface area contributed by atoms with Crippen molar-refractivity contribution in [1.29, 1.82) is 0 Å². The quantitative estimate of drug-likeness (QED) is 0.588. The number of aliphatic carboxylic acids is 1. The Bertz CT molecular complexity index is 932. The largest absolute Gasteiger partial charge is 0.497 e. The second kappa shape index (κ2) is 9.52. The van der Waals surface area contributed by atoms with E-state index < -0.39 is 23.3 Å². The molecular weight excluding hydrogens is 396 g/mol. The summed E-state index contributed by atoms with van der Waals surface area (Å²) in [6.45, 7) is 3.94. The maximum atomic E-state index is 12.4. The summed E-state index contributed by atoms with van der Waals surface area (Å²) in [7, 11) is 2.96. The smallest absolute Gasteiger partial charge is 0.311 e. The molecule has 0 spiro atoms. The zero-order valence-electron chi connectivity index (χ0n) is 18.5. The van der Waals surface area contributed by atoms with Crippen LogP contribution in [-0.4, -0.2) is 31.3 Å². The van der Waals surface area contributed by atoms with Crippen molar-refractivity contribution in [2.24, 2.45) is 5.41 Å². The van der Waals surface area contributed by atoms with Crippen LogP contribution in [0.1, 0.15) is 61.0 Å². The molecule has 1 aliphatic rings. The van der Waals surface area contributed by atoms with E-state index in [4.69, 9.17) is 14.2 Å². The number of aryl methyl sites for hydroxylation is 1. The molecule has 6 heteroatoms. The third-order valence-corrected chi connectivity index (χ3v) is 6.17. The number of carboxylic acid groups (broad SMARTS) is 1. The molecule has 0 fully saturated rings. The molecule has 2 aromatic rings. The van der Waals surface area contributed by atoms with Crippen LogP contribution in [0.15, 0.2) is 42.5 Å². The maximum Gasteiger partial charge on any atom is 0.311 e. The summed E-state index contributed by atoms with van der Waals surface area (Å²) < 4.78 is 16.4. The Morgan fingerprint density at radius 3 is 2.45 bits per heavy atom. The van der Waals surface area contributed by atoms with Gasteiger partial charge < -0.3 is 19.3 Å². The highest BCUT2D eigenvalue weighted by atomic mass is 16.5. The minimum Gasteiger partial charge on any atom is -0.497 e. The molecule has 166 valence electrons. The van der Waals surface area contributed by atoms with Crippen molar-refractivity contribution in [2.45, 2.75) is 51.7 Å². The first-order valence-corrected chi connectivity index (χ1v) is 10.4. The van der Waals surface area contributed by atoms with Crippen molar-refractivity contribution in [3.63, 3.8) is 0 Å². The Morgan fingerprint density at radius 2 is 1.84 bits per heavy atom. The van der Waals surface area contributed by atoms with Crippen molar-refractivity contribution >= 4 is 11.9 Å². The summed E-state index contributed by atoms with van der Waals surface area (Å²) in [5.74, 6) is -1.08. The van der Waals surface area contributed by atoms with Crippen LogP contribution in [0.25, 0.3) is 0 Å². The lowest BCUT2D eigenvalue weighted by Crippen LogP contribution is -2.34. The van der Waals surface area contributed by atoms with Crippen LogP contribution in [0.4, 0.5) is 0 Å². The average Bonchev–Trinajstić information content (AvgIpc) is 3.17. The monoisotopic (exact) mass is 426 g/mol. The summed E-state index contributed by atoms with van der Waals surface area (Å²) in [5.41, 5.74) is 3.17. The van der Waals surface area contributed by atoms with Crippen LogP contribution in [-0.2, 0) is 32.1 Å². The molecule has 2 atom stereocenters. The summed E-state index contributed by atoms with van der Waals surface area (Å²) >= 11 is 0. The number of fused-ring (bicyclic) bond motifs is 1. The lowest BCUT2D eigenvalue weighted by atomic mass is 9.72. The Labute approximate surface area is 183 Å². The molecule has 2 aromatic carbocycles. The molecule has 0 heterocycles. The standard InChI is InChI=1S/C25H30O6/c1-25(2,24(28)30-4)21(14-23(26)27)18-8-7-17-9-12-22(20(17)13-18)31-15-16-5-10-19(29-3)11-6-16/h5-8,10-11,13,21-22H,9,12,14-15H2,1-4H3,(H,26,27). The molecule has 0 bridgehead atoms. The highest BCUT2D eigenvalue weighted by Crippen LogP contribution is 2.43. The molecule has 3 rings (SSSR count). The van der Waals surface area contributed by atoms with Gasteiger partial charge in [-0.25, -0.2) is 0 Å². The van der Waals surface area contributed by atoms with Gasteiger partial charge in [-0.05, 0) is 61.1 Å². The van der Waals surface area contributed by atoms with Gasteiger partial charge in [0, 0.05) is 5.92 Å². The topological polar surface area (TPSA) is 82.1 Å². The van der Waals surface area contributed by atoms with Crippen molar-refractivity contribution in [3.8, 4) is 5.75 Å². The van der Waals surface area contributed by atoms with Crippen molar-refractivity contribution in [1.82, 2.24) is 0 Å². The molecule has 1 aliphatic carbocycles. The van der Waals surface area contributed by atoms with E-state index in [9.17, 15) is 14.7 Å². The number of carboxylic acids is 1. The molecular formula is C25H30O6. The van der Waals surface area contributed by atoms with Crippen LogP contribution >= 0.6 is 0 Å². The van der Waals surface area contributed by atoms with Crippen molar-refractivity contribution in [3.05, 3.63) is 64.7 Å². The zero-order chi connectivity index (χ0) is 22.6. The Balaban J connectivity index is 1.83. The first-order chi connectivity index (χ1) is 14.8. The third kappa shape index (κ3) is 5.07. The molecule has 0 radical (unpaired) electrons. The number of hydrogen-bond donors (Lipinski definition) is 1. The second-order valence-corrected chi connectivity index (χ2v) is 8.51.